The molecule has 0 aliphatic carbocycles. The first kappa shape index (κ1) is 15.3. The molecule has 110 valence electrons. The molecule has 0 aromatic heterocycles. The van der Waals surface area contributed by atoms with Crippen LogP contribution < -0.4 is 0 Å². The third kappa shape index (κ3) is 5.04. The Morgan fingerprint density at radius 1 is 1.00 bits per heavy atom. The molecule has 0 aliphatic rings. The van der Waals surface area contributed by atoms with Gasteiger partial charge in [-0.2, -0.15) is 0 Å². The molecule has 0 spiro atoms. The highest BCUT2D eigenvalue weighted by Crippen LogP contribution is 2.12. The zero-order chi connectivity index (χ0) is 15.1. The molecule has 2 rings (SSSR count). The molecule has 0 radical (unpaired) electrons. The van der Waals surface area contributed by atoms with E-state index in [1.54, 1.807) is 0 Å². The Morgan fingerprint density at radius 2 is 1.62 bits per heavy atom. The first-order chi connectivity index (χ1) is 10.1. The van der Waals surface area contributed by atoms with Gasteiger partial charge in [0.25, 0.3) is 0 Å². The maximum Gasteiger partial charge on any atom is 0.307 e. The van der Waals surface area contributed by atoms with Crippen LogP contribution in [-0.2, 0) is 24.2 Å². The molecule has 0 fully saturated rings. The molecule has 1 N–H and O–H groups in total. The summed E-state index contributed by atoms with van der Waals surface area (Å²) in [5.74, 6) is -0.783. The topological polar surface area (TPSA) is 40.5 Å². The molecule has 0 atom stereocenters. The van der Waals surface area contributed by atoms with Crippen LogP contribution in [0.25, 0.3) is 0 Å². The van der Waals surface area contributed by atoms with Crippen molar-refractivity contribution in [3.05, 3.63) is 71.3 Å². The van der Waals surface area contributed by atoms with Crippen molar-refractivity contribution < 1.29 is 9.90 Å². The Hall–Kier alpha value is -2.13. The lowest BCUT2D eigenvalue weighted by atomic mass is 10.0. The summed E-state index contributed by atoms with van der Waals surface area (Å²) in [7, 11) is 2.07. The summed E-state index contributed by atoms with van der Waals surface area (Å²) in [6.45, 7) is 1.72. The normalized spacial score (nSPS) is 10.8. The van der Waals surface area contributed by atoms with E-state index in [2.05, 4.69) is 36.2 Å². The van der Waals surface area contributed by atoms with E-state index < -0.39 is 5.97 Å². The van der Waals surface area contributed by atoms with Crippen LogP contribution in [0.4, 0.5) is 0 Å². The highest BCUT2D eigenvalue weighted by molar-refractivity contribution is 5.70. The summed E-state index contributed by atoms with van der Waals surface area (Å²) in [5.41, 5.74) is 3.31. The molecule has 0 saturated heterocycles. The number of carbonyl (C=O) groups is 1. The number of hydrogen-bond acceptors (Lipinski definition) is 2. The smallest absolute Gasteiger partial charge is 0.307 e. The van der Waals surface area contributed by atoms with Crippen molar-refractivity contribution in [1.82, 2.24) is 4.90 Å². The van der Waals surface area contributed by atoms with Crippen LogP contribution in [0.2, 0.25) is 0 Å². The summed E-state index contributed by atoms with van der Waals surface area (Å²) < 4.78 is 0. The van der Waals surface area contributed by atoms with Gasteiger partial charge in [-0.25, -0.2) is 0 Å². The van der Waals surface area contributed by atoms with Crippen LogP contribution >= 0.6 is 0 Å². The molecule has 0 bridgehead atoms. The number of carboxylic acid groups (broad SMARTS) is 1. The van der Waals surface area contributed by atoms with Gasteiger partial charge in [-0.1, -0.05) is 54.6 Å². The van der Waals surface area contributed by atoms with Gasteiger partial charge in [0.2, 0.25) is 0 Å². The Morgan fingerprint density at radius 3 is 2.29 bits per heavy atom. The van der Waals surface area contributed by atoms with Crippen molar-refractivity contribution in [2.45, 2.75) is 19.4 Å². The second kappa shape index (κ2) is 7.60. The molecule has 2 aromatic carbocycles. The Balaban J connectivity index is 1.93. The van der Waals surface area contributed by atoms with Gasteiger partial charge in [0.05, 0.1) is 6.42 Å². The van der Waals surface area contributed by atoms with Crippen molar-refractivity contribution in [1.29, 1.82) is 0 Å². The van der Waals surface area contributed by atoms with Crippen molar-refractivity contribution in [3.63, 3.8) is 0 Å². The Labute approximate surface area is 125 Å². The summed E-state index contributed by atoms with van der Waals surface area (Å²) >= 11 is 0. The SMILES string of the molecule is CN(CCc1ccccc1)Cc1ccccc1CC(=O)O. The number of rotatable bonds is 7. The number of nitrogens with zero attached hydrogens (tertiary/aromatic N) is 1. The van der Waals surface area contributed by atoms with Gasteiger partial charge in [-0.3, -0.25) is 4.79 Å². The molecule has 3 nitrogen and oxygen atoms in total. The molecule has 0 heterocycles. The average Bonchev–Trinajstić information content (AvgIpc) is 2.48. The predicted octanol–water partition coefficient (Wildman–Crippen LogP) is 2.99. The van der Waals surface area contributed by atoms with Gasteiger partial charge < -0.3 is 10.0 Å². The fourth-order valence-corrected chi connectivity index (χ4v) is 2.38. The van der Waals surface area contributed by atoms with Crippen LogP contribution in [0.5, 0.6) is 0 Å². The summed E-state index contributed by atoms with van der Waals surface area (Å²) in [6, 6.07) is 18.2. The molecule has 3 heteroatoms. The van der Waals surface area contributed by atoms with Gasteiger partial charge in [-0.05, 0) is 30.2 Å². The van der Waals surface area contributed by atoms with Gasteiger partial charge in [0, 0.05) is 13.1 Å². The molecular weight excluding hydrogens is 262 g/mol. The largest absolute Gasteiger partial charge is 0.481 e. The van der Waals surface area contributed by atoms with E-state index in [9.17, 15) is 4.79 Å². The first-order valence-corrected chi connectivity index (χ1v) is 7.16. The third-order valence-corrected chi connectivity index (χ3v) is 3.53. The van der Waals surface area contributed by atoms with E-state index in [1.807, 2.05) is 30.3 Å². The lowest BCUT2D eigenvalue weighted by molar-refractivity contribution is -0.136. The minimum absolute atomic E-state index is 0.0860. The van der Waals surface area contributed by atoms with Crippen LogP contribution in [0.3, 0.4) is 0 Å². The van der Waals surface area contributed by atoms with Crippen LogP contribution in [0, 0.1) is 0 Å². The van der Waals surface area contributed by atoms with E-state index in [4.69, 9.17) is 5.11 Å². The van der Waals surface area contributed by atoms with E-state index in [1.165, 1.54) is 5.56 Å². The van der Waals surface area contributed by atoms with E-state index in [0.29, 0.717) is 0 Å². The van der Waals surface area contributed by atoms with E-state index in [-0.39, 0.29) is 6.42 Å². The quantitative estimate of drug-likeness (QED) is 0.849. The standard InChI is InChI=1S/C18H21NO2/c1-19(12-11-15-7-3-2-4-8-15)14-17-10-6-5-9-16(17)13-18(20)21/h2-10H,11-14H2,1H3,(H,20,21). The molecule has 0 aliphatic heterocycles. The molecule has 2 aromatic rings. The van der Waals surface area contributed by atoms with Crippen LogP contribution in [0.1, 0.15) is 16.7 Å². The molecule has 0 unspecified atom stereocenters. The van der Waals surface area contributed by atoms with Crippen LogP contribution in [0.15, 0.2) is 54.6 Å². The van der Waals surface area contributed by atoms with Crippen molar-refractivity contribution in [2.24, 2.45) is 0 Å². The number of hydrogen-bond donors (Lipinski definition) is 1. The summed E-state index contributed by atoms with van der Waals surface area (Å²) in [5, 5.41) is 8.96. The fraction of sp³-hybridized carbons (Fsp3) is 0.278. The minimum Gasteiger partial charge on any atom is -0.481 e. The zero-order valence-electron chi connectivity index (χ0n) is 12.3. The zero-order valence-corrected chi connectivity index (χ0v) is 12.3. The Bertz CT molecular complexity index is 581. The lowest BCUT2D eigenvalue weighted by Gasteiger charge is -2.18. The van der Waals surface area contributed by atoms with E-state index in [0.717, 1.165) is 30.6 Å². The number of likely N-dealkylation sites (N-methyl/N-ethyl adjacent to an activating group) is 1. The van der Waals surface area contributed by atoms with Crippen molar-refractivity contribution in [2.75, 3.05) is 13.6 Å². The summed E-state index contributed by atoms with van der Waals surface area (Å²) in [4.78, 5) is 13.1. The summed E-state index contributed by atoms with van der Waals surface area (Å²) in [6.07, 6.45) is 1.08. The second-order valence-corrected chi connectivity index (χ2v) is 5.31. The number of aliphatic carboxylic acids is 1. The molecular formula is C18H21NO2. The fourth-order valence-electron chi connectivity index (χ4n) is 2.38. The Kier molecular flexibility index (Phi) is 5.52. The monoisotopic (exact) mass is 283 g/mol. The lowest BCUT2D eigenvalue weighted by Crippen LogP contribution is -2.21. The van der Waals surface area contributed by atoms with Gasteiger partial charge in [-0.15, -0.1) is 0 Å². The maximum absolute atomic E-state index is 10.9. The average molecular weight is 283 g/mol. The van der Waals surface area contributed by atoms with Crippen molar-refractivity contribution >= 4 is 5.97 Å². The van der Waals surface area contributed by atoms with Gasteiger partial charge in [0.15, 0.2) is 0 Å². The minimum atomic E-state index is -0.783. The van der Waals surface area contributed by atoms with E-state index >= 15 is 0 Å². The van der Waals surface area contributed by atoms with Crippen LogP contribution in [-0.4, -0.2) is 29.6 Å². The van der Waals surface area contributed by atoms with Gasteiger partial charge in [0.1, 0.15) is 0 Å². The molecule has 0 amide bonds. The third-order valence-electron chi connectivity index (χ3n) is 3.53. The molecule has 21 heavy (non-hydrogen) atoms. The molecule has 0 saturated carbocycles. The second-order valence-electron chi connectivity index (χ2n) is 5.31. The van der Waals surface area contributed by atoms with Gasteiger partial charge >= 0.3 is 5.97 Å². The number of benzene rings is 2. The predicted molar refractivity (Wildman–Crippen MR) is 84.3 cm³/mol. The van der Waals surface area contributed by atoms with Crippen molar-refractivity contribution in [3.8, 4) is 0 Å². The first-order valence-electron chi connectivity index (χ1n) is 7.16. The highest BCUT2D eigenvalue weighted by atomic mass is 16.4. The maximum atomic E-state index is 10.9. The number of carboxylic acids is 1. The highest BCUT2D eigenvalue weighted by Gasteiger charge is 2.08.